The van der Waals surface area contributed by atoms with Crippen LogP contribution >= 0.6 is 0 Å². The number of nitrogens with zero attached hydrogens (tertiary/aromatic N) is 1. The second-order valence-electron chi connectivity index (χ2n) is 5.16. The minimum Gasteiger partial charge on any atom is -0.377 e. The zero-order chi connectivity index (χ0) is 14.4. The maximum atomic E-state index is 12.3. The van der Waals surface area contributed by atoms with Crippen molar-refractivity contribution in [3.8, 4) is 0 Å². The van der Waals surface area contributed by atoms with Crippen molar-refractivity contribution in [1.29, 1.82) is 0 Å². The number of nitrogens with one attached hydrogen (secondary N) is 1. The van der Waals surface area contributed by atoms with Gasteiger partial charge in [0.2, 0.25) is 0 Å². The Balaban J connectivity index is 2.03. The highest BCUT2D eigenvalue weighted by Crippen LogP contribution is 2.23. The van der Waals surface area contributed by atoms with Gasteiger partial charge in [0.15, 0.2) is 0 Å². The van der Waals surface area contributed by atoms with Gasteiger partial charge in [0.1, 0.15) is 0 Å². The first-order valence-corrected chi connectivity index (χ1v) is 6.99. The molecule has 4 heteroatoms. The minimum atomic E-state index is -0.0281. The molecule has 1 atom stereocenters. The van der Waals surface area contributed by atoms with Gasteiger partial charge in [-0.3, -0.25) is 0 Å². The van der Waals surface area contributed by atoms with E-state index in [1.165, 1.54) is 5.57 Å². The Kier molecular flexibility index (Phi) is 5.18. The van der Waals surface area contributed by atoms with Crippen LogP contribution in [0.1, 0.15) is 25.5 Å². The molecule has 1 aliphatic heterocycles. The number of hydrogen-bond donors (Lipinski definition) is 1. The first-order chi connectivity index (χ1) is 9.68. The number of allylic oxidation sites excluding steroid dienone is 1. The topological polar surface area (TPSA) is 41.6 Å². The molecule has 0 saturated carbocycles. The SMILES string of the molecule is CC(C)=CCNC(=O)N1CCOC[C@@H]1c1ccccc1. The van der Waals surface area contributed by atoms with Crippen molar-refractivity contribution < 1.29 is 9.53 Å². The van der Waals surface area contributed by atoms with E-state index in [2.05, 4.69) is 5.32 Å². The molecule has 2 rings (SSSR count). The summed E-state index contributed by atoms with van der Waals surface area (Å²) in [4.78, 5) is 14.2. The molecule has 1 aromatic carbocycles. The van der Waals surface area contributed by atoms with Crippen molar-refractivity contribution in [2.24, 2.45) is 0 Å². The fourth-order valence-corrected chi connectivity index (χ4v) is 2.24. The number of morpholine rings is 1. The largest absolute Gasteiger partial charge is 0.377 e. The molecule has 2 amide bonds. The highest BCUT2D eigenvalue weighted by molar-refractivity contribution is 5.75. The Bertz CT molecular complexity index is 467. The van der Waals surface area contributed by atoms with Crippen LogP contribution in [-0.4, -0.2) is 37.2 Å². The van der Waals surface area contributed by atoms with Gasteiger partial charge < -0.3 is 15.0 Å². The zero-order valence-electron chi connectivity index (χ0n) is 12.1. The van der Waals surface area contributed by atoms with Crippen LogP contribution in [0.3, 0.4) is 0 Å². The van der Waals surface area contributed by atoms with E-state index in [0.717, 1.165) is 5.56 Å². The van der Waals surface area contributed by atoms with Crippen LogP contribution in [0.4, 0.5) is 4.79 Å². The molecule has 20 heavy (non-hydrogen) atoms. The van der Waals surface area contributed by atoms with Crippen molar-refractivity contribution in [2.45, 2.75) is 19.9 Å². The van der Waals surface area contributed by atoms with Gasteiger partial charge in [0.05, 0.1) is 19.3 Å². The maximum Gasteiger partial charge on any atom is 0.318 e. The fourth-order valence-electron chi connectivity index (χ4n) is 2.24. The van der Waals surface area contributed by atoms with Crippen LogP contribution in [0.15, 0.2) is 42.0 Å². The zero-order valence-corrected chi connectivity index (χ0v) is 12.1. The fraction of sp³-hybridized carbons (Fsp3) is 0.438. The molecule has 0 unspecified atom stereocenters. The van der Waals surface area contributed by atoms with Crippen molar-refractivity contribution >= 4 is 6.03 Å². The second-order valence-corrected chi connectivity index (χ2v) is 5.16. The Morgan fingerprint density at radius 2 is 2.15 bits per heavy atom. The summed E-state index contributed by atoms with van der Waals surface area (Å²) in [5.41, 5.74) is 2.32. The number of urea groups is 1. The Hall–Kier alpha value is -1.81. The van der Waals surface area contributed by atoms with E-state index in [-0.39, 0.29) is 12.1 Å². The van der Waals surface area contributed by atoms with Crippen molar-refractivity contribution in [3.05, 3.63) is 47.5 Å². The van der Waals surface area contributed by atoms with Gasteiger partial charge in [-0.25, -0.2) is 4.79 Å². The number of amides is 2. The van der Waals surface area contributed by atoms with Crippen molar-refractivity contribution in [1.82, 2.24) is 10.2 Å². The third-order valence-corrected chi connectivity index (χ3v) is 3.34. The molecule has 1 aliphatic rings. The Labute approximate surface area is 120 Å². The van der Waals surface area contributed by atoms with Crippen LogP contribution in [0.5, 0.6) is 0 Å². The highest BCUT2D eigenvalue weighted by atomic mass is 16.5. The number of ether oxygens (including phenoxy) is 1. The summed E-state index contributed by atoms with van der Waals surface area (Å²) < 4.78 is 5.53. The average molecular weight is 274 g/mol. The predicted molar refractivity (Wildman–Crippen MR) is 79.5 cm³/mol. The van der Waals surface area contributed by atoms with E-state index in [1.54, 1.807) is 0 Å². The van der Waals surface area contributed by atoms with Gasteiger partial charge in [-0.15, -0.1) is 0 Å². The van der Waals surface area contributed by atoms with Crippen LogP contribution < -0.4 is 5.32 Å². The van der Waals surface area contributed by atoms with Gasteiger partial charge in [-0.05, 0) is 19.4 Å². The summed E-state index contributed by atoms with van der Waals surface area (Å²) in [6, 6.07) is 10.0. The lowest BCUT2D eigenvalue weighted by molar-refractivity contribution is 0.0119. The standard InChI is InChI=1S/C16H22N2O2/c1-13(2)8-9-17-16(19)18-10-11-20-12-15(18)14-6-4-3-5-7-14/h3-8,15H,9-12H2,1-2H3,(H,17,19)/t15-/m1/s1. The second kappa shape index (κ2) is 7.10. The number of benzene rings is 1. The molecule has 0 bridgehead atoms. The molecule has 1 aromatic rings. The van der Waals surface area contributed by atoms with Crippen LogP contribution in [0.25, 0.3) is 0 Å². The first-order valence-electron chi connectivity index (χ1n) is 6.99. The molecule has 1 saturated heterocycles. The molecule has 0 aliphatic carbocycles. The van der Waals surface area contributed by atoms with Gasteiger partial charge in [-0.1, -0.05) is 42.0 Å². The summed E-state index contributed by atoms with van der Waals surface area (Å²) in [6.45, 7) is 6.39. The van der Waals surface area contributed by atoms with E-state index in [4.69, 9.17) is 4.74 Å². The van der Waals surface area contributed by atoms with E-state index in [0.29, 0.717) is 26.3 Å². The third-order valence-electron chi connectivity index (χ3n) is 3.34. The lowest BCUT2D eigenvalue weighted by Gasteiger charge is -2.35. The van der Waals surface area contributed by atoms with E-state index in [9.17, 15) is 4.79 Å². The molecule has 1 N–H and O–H groups in total. The predicted octanol–water partition coefficient (Wildman–Crippen LogP) is 2.74. The van der Waals surface area contributed by atoms with Gasteiger partial charge in [0.25, 0.3) is 0 Å². The summed E-state index contributed by atoms with van der Waals surface area (Å²) in [5, 5.41) is 2.94. The van der Waals surface area contributed by atoms with Crippen LogP contribution in [-0.2, 0) is 4.74 Å². The third kappa shape index (κ3) is 3.84. The lowest BCUT2D eigenvalue weighted by atomic mass is 10.1. The number of rotatable bonds is 3. The minimum absolute atomic E-state index is 0.00310. The first kappa shape index (κ1) is 14.6. The molecule has 1 heterocycles. The molecular weight excluding hydrogens is 252 g/mol. The molecule has 108 valence electrons. The quantitative estimate of drug-likeness (QED) is 0.861. The number of hydrogen-bond acceptors (Lipinski definition) is 2. The van der Waals surface area contributed by atoms with Crippen LogP contribution in [0.2, 0.25) is 0 Å². The molecule has 1 fully saturated rings. The summed E-state index contributed by atoms with van der Waals surface area (Å²) >= 11 is 0. The van der Waals surface area contributed by atoms with Gasteiger partial charge in [-0.2, -0.15) is 0 Å². The summed E-state index contributed by atoms with van der Waals surface area (Å²) in [7, 11) is 0. The Morgan fingerprint density at radius 1 is 1.40 bits per heavy atom. The molecule has 0 aromatic heterocycles. The summed E-state index contributed by atoms with van der Waals surface area (Å²) in [5.74, 6) is 0. The van der Waals surface area contributed by atoms with Crippen molar-refractivity contribution in [2.75, 3.05) is 26.3 Å². The molecular formula is C16H22N2O2. The van der Waals surface area contributed by atoms with E-state index < -0.39 is 0 Å². The lowest BCUT2D eigenvalue weighted by Crippen LogP contribution is -2.48. The molecule has 0 radical (unpaired) electrons. The van der Waals surface area contributed by atoms with Crippen LogP contribution in [0, 0.1) is 0 Å². The number of carbonyl (C=O) groups excluding carboxylic acids is 1. The normalized spacial score (nSPS) is 18.5. The summed E-state index contributed by atoms with van der Waals surface area (Å²) in [6.07, 6.45) is 2.01. The highest BCUT2D eigenvalue weighted by Gasteiger charge is 2.28. The van der Waals surface area contributed by atoms with E-state index >= 15 is 0 Å². The Morgan fingerprint density at radius 3 is 2.85 bits per heavy atom. The molecule has 4 nitrogen and oxygen atoms in total. The van der Waals surface area contributed by atoms with Gasteiger partial charge >= 0.3 is 6.03 Å². The van der Waals surface area contributed by atoms with Crippen molar-refractivity contribution in [3.63, 3.8) is 0 Å². The smallest absolute Gasteiger partial charge is 0.318 e. The average Bonchev–Trinajstić information content (AvgIpc) is 2.47. The van der Waals surface area contributed by atoms with Gasteiger partial charge in [0, 0.05) is 13.1 Å². The molecule has 0 spiro atoms. The monoisotopic (exact) mass is 274 g/mol. The maximum absolute atomic E-state index is 12.3. The van der Waals surface area contributed by atoms with E-state index in [1.807, 2.05) is 55.2 Å². The number of carbonyl (C=O) groups is 1.